The Morgan fingerprint density at radius 1 is 1.31 bits per heavy atom. The van der Waals surface area contributed by atoms with E-state index in [4.69, 9.17) is 0 Å². The number of hydrogen-bond acceptors (Lipinski definition) is 2. The fraction of sp³-hybridized carbons (Fsp3) is 0.417. The number of nitrogens with zero attached hydrogens (tertiary/aromatic N) is 2. The summed E-state index contributed by atoms with van der Waals surface area (Å²) >= 11 is 0. The van der Waals surface area contributed by atoms with Gasteiger partial charge in [0.25, 0.3) is 0 Å². The van der Waals surface area contributed by atoms with E-state index in [1.165, 1.54) is 0 Å². The van der Waals surface area contributed by atoms with E-state index in [0.29, 0.717) is 6.04 Å². The fourth-order valence-electron chi connectivity index (χ4n) is 2.53. The van der Waals surface area contributed by atoms with Gasteiger partial charge in [0.1, 0.15) is 0 Å². The molecule has 1 atom stereocenters. The average molecular weight is 217 g/mol. The number of benzene rings is 1. The van der Waals surface area contributed by atoms with Crippen LogP contribution in [0, 0.1) is 0 Å². The number of hydrogen-bond donors (Lipinski definition) is 1. The van der Waals surface area contributed by atoms with Crippen molar-refractivity contribution in [1.29, 1.82) is 0 Å². The molecule has 2 heterocycles. The molecule has 3 rings (SSSR count). The Kier molecular flexibility index (Phi) is 2.11. The van der Waals surface area contributed by atoms with Crippen molar-refractivity contribution in [1.82, 2.24) is 14.5 Å². The van der Waals surface area contributed by atoms with Gasteiger partial charge in [0.15, 0.2) is 0 Å². The van der Waals surface area contributed by atoms with Crippen molar-refractivity contribution in [3.8, 4) is 0 Å². The number of imidazole rings is 1. The first-order chi connectivity index (χ1) is 7.79. The highest BCUT2D eigenvalue weighted by molar-refractivity contribution is 5.76. The molecule has 1 aromatic carbocycles. The quantitative estimate of drug-likeness (QED) is 0.770. The van der Waals surface area contributed by atoms with E-state index in [1.807, 2.05) is 35.9 Å². The Balaban J connectivity index is 2.30. The second-order valence-electron chi connectivity index (χ2n) is 4.35. The molecule has 0 aliphatic carbocycles. The summed E-state index contributed by atoms with van der Waals surface area (Å²) in [6.07, 6.45) is 1.04. The molecule has 4 heteroatoms. The zero-order valence-corrected chi connectivity index (χ0v) is 9.31. The summed E-state index contributed by atoms with van der Waals surface area (Å²) in [5.74, 6) is 0. The Morgan fingerprint density at radius 3 is 2.75 bits per heavy atom. The summed E-state index contributed by atoms with van der Waals surface area (Å²) in [6.45, 7) is 1.90. The molecule has 1 unspecified atom stereocenters. The van der Waals surface area contributed by atoms with Crippen LogP contribution in [0.1, 0.15) is 12.5 Å². The van der Waals surface area contributed by atoms with E-state index in [1.54, 1.807) is 4.57 Å². The Hall–Kier alpha value is -1.55. The van der Waals surface area contributed by atoms with Crippen molar-refractivity contribution in [3.05, 3.63) is 34.7 Å². The molecule has 4 nitrogen and oxygen atoms in total. The molecule has 0 spiro atoms. The van der Waals surface area contributed by atoms with Crippen LogP contribution in [0.4, 0.5) is 0 Å². The molecular formula is C12H15N3O. The molecule has 2 aromatic rings. The number of para-hydroxylation sites is 2. The number of rotatable bonds is 1. The summed E-state index contributed by atoms with van der Waals surface area (Å²) in [5, 5.41) is 3.30. The van der Waals surface area contributed by atoms with Gasteiger partial charge in [-0.25, -0.2) is 4.79 Å². The predicted octanol–water partition coefficient (Wildman–Crippen LogP) is 0.874. The lowest BCUT2D eigenvalue weighted by atomic mass is 10.2. The second kappa shape index (κ2) is 3.49. The van der Waals surface area contributed by atoms with Gasteiger partial charge in [-0.05, 0) is 25.1 Å². The Bertz CT molecular complexity index is 575. The smallest absolute Gasteiger partial charge is 0.315 e. The molecule has 1 aliphatic heterocycles. The third-order valence-corrected chi connectivity index (χ3v) is 3.40. The first-order valence-corrected chi connectivity index (χ1v) is 5.65. The largest absolute Gasteiger partial charge is 0.329 e. The van der Waals surface area contributed by atoms with Crippen LogP contribution in [-0.4, -0.2) is 22.2 Å². The first kappa shape index (κ1) is 9.66. The lowest BCUT2D eigenvalue weighted by Crippen LogP contribution is -2.27. The van der Waals surface area contributed by atoms with Crippen molar-refractivity contribution in [2.75, 3.05) is 13.1 Å². The van der Waals surface area contributed by atoms with Crippen LogP contribution in [0.2, 0.25) is 0 Å². The highest BCUT2D eigenvalue weighted by atomic mass is 16.1. The van der Waals surface area contributed by atoms with Gasteiger partial charge in [-0.2, -0.15) is 0 Å². The minimum atomic E-state index is 0.0925. The van der Waals surface area contributed by atoms with E-state index in [2.05, 4.69) is 5.32 Å². The van der Waals surface area contributed by atoms with Gasteiger partial charge < -0.3 is 5.32 Å². The van der Waals surface area contributed by atoms with Gasteiger partial charge in [-0.3, -0.25) is 9.13 Å². The van der Waals surface area contributed by atoms with Crippen LogP contribution < -0.4 is 11.0 Å². The lowest BCUT2D eigenvalue weighted by molar-refractivity contribution is 0.535. The number of aromatic nitrogens is 2. The number of fused-ring (bicyclic) bond motifs is 1. The molecule has 84 valence electrons. The van der Waals surface area contributed by atoms with Crippen LogP contribution in [0.3, 0.4) is 0 Å². The summed E-state index contributed by atoms with van der Waals surface area (Å²) in [4.78, 5) is 12.2. The molecule has 1 aliphatic rings. The maximum atomic E-state index is 12.2. The summed E-state index contributed by atoms with van der Waals surface area (Å²) in [5.41, 5.74) is 2.15. The van der Waals surface area contributed by atoms with Crippen molar-refractivity contribution >= 4 is 11.0 Å². The van der Waals surface area contributed by atoms with Gasteiger partial charge in [0.05, 0.1) is 17.1 Å². The van der Waals surface area contributed by atoms with Crippen molar-refractivity contribution in [3.63, 3.8) is 0 Å². The van der Waals surface area contributed by atoms with Gasteiger partial charge in [-0.15, -0.1) is 0 Å². The minimum Gasteiger partial charge on any atom is -0.315 e. The van der Waals surface area contributed by atoms with Gasteiger partial charge in [0.2, 0.25) is 0 Å². The molecule has 1 N–H and O–H groups in total. The zero-order chi connectivity index (χ0) is 11.1. The van der Waals surface area contributed by atoms with Crippen LogP contribution in [0.5, 0.6) is 0 Å². The van der Waals surface area contributed by atoms with E-state index in [9.17, 15) is 4.79 Å². The van der Waals surface area contributed by atoms with E-state index >= 15 is 0 Å². The molecule has 0 amide bonds. The topological polar surface area (TPSA) is 39.0 Å². The van der Waals surface area contributed by atoms with Crippen molar-refractivity contribution in [2.24, 2.45) is 7.05 Å². The highest BCUT2D eigenvalue weighted by Crippen LogP contribution is 2.20. The normalized spacial score (nSPS) is 20.7. The summed E-state index contributed by atoms with van der Waals surface area (Å²) in [6, 6.07) is 8.28. The highest BCUT2D eigenvalue weighted by Gasteiger charge is 2.21. The Morgan fingerprint density at radius 2 is 2.06 bits per heavy atom. The van der Waals surface area contributed by atoms with Crippen LogP contribution in [0.15, 0.2) is 29.1 Å². The molecule has 0 bridgehead atoms. The summed E-state index contributed by atoms with van der Waals surface area (Å²) < 4.78 is 3.66. The van der Waals surface area contributed by atoms with Crippen LogP contribution >= 0.6 is 0 Å². The fourth-order valence-corrected chi connectivity index (χ4v) is 2.53. The monoisotopic (exact) mass is 217 g/mol. The molecule has 1 aromatic heterocycles. The SMILES string of the molecule is Cn1c(=O)n(C2CCNC2)c2ccccc21. The van der Waals surface area contributed by atoms with E-state index < -0.39 is 0 Å². The average Bonchev–Trinajstić information content (AvgIpc) is 2.89. The minimum absolute atomic E-state index is 0.0925. The Labute approximate surface area is 93.5 Å². The van der Waals surface area contributed by atoms with Gasteiger partial charge in [0, 0.05) is 13.6 Å². The van der Waals surface area contributed by atoms with Crippen molar-refractivity contribution < 1.29 is 0 Å². The number of aryl methyl sites for hydroxylation is 1. The van der Waals surface area contributed by atoms with Crippen LogP contribution in [0.25, 0.3) is 11.0 Å². The molecular weight excluding hydrogens is 202 g/mol. The third kappa shape index (κ3) is 1.23. The van der Waals surface area contributed by atoms with E-state index in [-0.39, 0.29) is 5.69 Å². The van der Waals surface area contributed by atoms with Gasteiger partial charge >= 0.3 is 5.69 Å². The number of nitrogens with one attached hydrogen (secondary N) is 1. The molecule has 1 saturated heterocycles. The molecule has 0 radical (unpaired) electrons. The molecule has 0 saturated carbocycles. The van der Waals surface area contributed by atoms with Crippen molar-refractivity contribution in [2.45, 2.75) is 12.5 Å². The lowest BCUT2D eigenvalue weighted by Gasteiger charge is -2.09. The predicted molar refractivity (Wildman–Crippen MR) is 63.7 cm³/mol. The summed E-state index contributed by atoms with van der Waals surface area (Å²) in [7, 11) is 1.84. The second-order valence-corrected chi connectivity index (χ2v) is 4.35. The first-order valence-electron chi connectivity index (χ1n) is 5.65. The van der Waals surface area contributed by atoms with E-state index in [0.717, 1.165) is 30.5 Å². The maximum absolute atomic E-state index is 12.2. The molecule has 1 fully saturated rings. The standard InChI is InChI=1S/C12H15N3O/c1-14-10-4-2-3-5-11(10)15(12(14)16)9-6-7-13-8-9/h2-5,9,13H,6-8H2,1H3. The van der Waals surface area contributed by atoms with Gasteiger partial charge in [-0.1, -0.05) is 12.1 Å². The third-order valence-electron chi connectivity index (χ3n) is 3.40. The van der Waals surface area contributed by atoms with Crippen LogP contribution in [-0.2, 0) is 7.05 Å². The maximum Gasteiger partial charge on any atom is 0.329 e. The zero-order valence-electron chi connectivity index (χ0n) is 9.31. The molecule has 16 heavy (non-hydrogen) atoms.